The second-order valence-electron chi connectivity index (χ2n) is 5.72. The number of carbonyl (C=O) groups excluding carboxylic acids is 1. The lowest BCUT2D eigenvalue weighted by molar-refractivity contribution is -0.271. The average Bonchev–Trinajstić information content (AvgIpc) is 2.37. The second-order valence-corrected chi connectivity index (χ2v) is 5.72. The molecule has 2 amide bonds. The van der Waals surface area contributed by atoms with Crippen LogP contribution in [0.4, 0.5) is 18.0 Å². The van der Waals surface area contributed by atoms with Crippen molar-refractivity contribution < 1.29 is 27.8 Å². The van der Waals surface area contributed by atoms with Gasteiger partial charge in [-0.3, -0.25) is 0 Å². The van der Waals surface area contributed by atoms with Gasteiger partial charge in [0, 0.05) is 39.1 Å². The van der Waals surface area contributed by atoms with Crippen LogP contribution in [-0.4, -0.2) is 60.7 Å². The quantitative estimate of drug-likeness (QED) is 0.761. The predicted molar refractivity (Wildman–Crippen MR) is 70.9 cm³/mol. The molecule has 1 rings (SSSR count). The van der Waals surface area contributed by atoms with Crippen LogP contribution in [0.15, 0.2) is 0 Å². The van der Waals surface area contributed by atoms with Crippen molar-refractivity contribution in [3.05, 3.63) is 0 Å². The molecule has 1 fully saturated rings. The molecule has 0 saturated carbocycles. The summed E-state index contributed by atoms with van der Waals surface area (Å²) in [7, 11) is 0. The number of amides is 2. The Hall–Kier alpha value is -1.02. The normalized spacial score (nSPS) is 18.9. The maximum atomic E-state index is 12.6. The predicted octanol–water partition coefficient (Wildman–Crippen LogP) is 1.76. The highest BCUT2D eigenvalue weighted by atomic mass is 19.4. The van der Waals surface area contributed by atoms with Crippen LogP contribution in [0.25, 0.3) is 0 Å². The Morgan fingerprint density at radius 3 is 2.43 bits per heavy atom. The summed E-state index contributed by atoms with van der Waals surface area (Å²) in [6.45, 7) is 5.06. The average molecular weight is 312 g/mol. The number of nitrogens with zero attached hydrogens (tertiary/aromatic N) is 1. The minimum atomic E-state index is -4.65. The van der Waals surface area contributed by atoms with E-state index in [9.17, 15) is 23.1 Å². The topological polar surface area (TPSA) is 61.8 Å². The molecule has 0 radical (unpaired) electrons. The first-order chi connectivity index (χ1) is 9.66. The largest absolute Gasteiger partial charge is 0.417 e. The van der Waals surface area contributed by atoms with E-state index in [1.807, 2.05) is 13.8 Å². The Bertz CT molecular complexity index is 340. The van der Waals surface area contributed by atoms with Gasteiger partial charge in [-0.1, -0.05) is 13.8 Å². The Kier molecular flexibility index (Phi) is 6.27. The number of nitrogens with one attached hydrogen (secondary N) is 1. The number of likely N-dealkylation sites (tertiary alicyclic amines) is 1. The van der Waals surface area contributed by atoms with Gasteiger partial charge in [0.15, 0.2) is 5.60 Å². The molecule has 5 nitrogen and oxygen atoms in total. The SMILES string of the molecule is CC(C)COCCNC(=O)N1CCC(O)(C(F)(F)F)CC1. The molecule has 1 aliphatic heterocycles. The maximum Gasteiger partial charge on any atom is 0.417 e. The molecule has 124 valence electrons. The van der Waals surface area contributed by atoms with Gasteiger partial charge in [0.2, 0.25) is 0 Å². The zero-order chi connectivity index (χ0) is 16.1. The second kappa shape index (κ2) is 7.31. The van der Waals surface area contributed by atoms with E-state index in [-0.39, 0.29) is 13.1 Å². The van der Waals surface area contributed by atoms with Crippen LogP contribution < -0.4 is 5.32 Å². The Balaban J connectivity index is 2.26. The highest BCUT2D eigenvalue weighted by Crippen LogP contribution is 2.38. The Morgan fingerprint density at radius 2 is 1.95 bits per heavy atom. The first kappa shape index (κ1) is 18.0. The smallest absolute Gasteiger partial charge is 0.380 e. The number of ether oxygens (including phenoxy) is 1. The van der Waals surface area contributed by atoms with Gasteiger partial charge in [-0.2, -0.15) is 13.2 Å². The molecule has 0 aliphatic carbocycles. The number of halogens is 3. The fraction of sp³-hybridized carbons (Fsp3) is 0.923. The van der Waals surface area contributed by atoms with E-state index in [4.69, 9.17) is 4.74 Å². The summed E-state index contributed by atoms with van der Waals surface area (Å²) in [4.78, 5) is 13.0. The van der Waals surface area contributed by atoms with Crippen molar-refractivity contribution in [3.8, 4) is 0 Å². The van der Waals surface area contributed by atoms with Gasteiger partial charge in [-0.15, -0.1) is 0 Å². The van der Waals surface area contributed by atoms with Gasteiger partial charge in [-0.05, 0) is 5.92 Å². The molecule has 0 bridgehead atoms. The van der Waals surface area contributed by atoms with Crippen LogP contribution in [0.1, 0.15) is 26.7 Å². The van der Waals surface area contributed by atoms with Crippen LogP contribution in [0.2, 0.25) is 0 Å². The van der Waals surface area contributed by atoms with Crippen LogP contribution in [-0.2, 0) is 4.74 Å². The van der Waals surface area contributed by atoms with E-state index in [1.54, 1.807) is 0 Å². The summed E-state index contributed by atoms with van der Waals surface area (Å²) < 4.78 is 43.2. The third kappa shape index (κ3) is 5.35. The van der Waals surface area contributed by atoms with Crippen molar-refractivity contribution in [2.24, 2.45) is 5.92 Å². The fourth-order valence-corrected chi connectivity index (χ4v) is 2.02. The molecule has 1 aliphatic rings. The molecule has 8 heteroatoms. The zero-order valence-electron chi connectivity index (χ0n) is 12.4. The van der Waals surface area contributed by atoms with Crippen molar-refractivity contribution in [2.45, 2.75) is 38.5 Å². The Morgan fingerprint density at radius 1 is 1.38 bits per heavy atom. The van der Waals surface area contributed by atoms with Gasteiger partial charge in [0.25, 0.3) is 0 Å². The third-order valence-corrected chi connectivity index (χ3v) is 3.38. The van der Waals surface area contributed by atoms with Crippen molar-refractivity contribution in [1.29, 1.82) is 0 Å². The first-order valence-electron chi connectivity index (χ1n) is 7.05. The first-order valence-corrected chi connectivity index (χ1v) is 7.05. The number of alkyl halides is 3. The van der Waals surface area contributed by atoms with Crippen molar-refractivity contribution in [3.63, 3.8) is 0 Å². The fourth-order valence-electron chi connectivity index (χ4n) is 2.02. The lowest BCUT2D eigenvalue weighted by atomic mass is 9.91. The molecular formula is C13H23F3N2O3. The maximum absolute atomic E-state index is 12.6. The van der Waals surface area contributed by atoms with E-state index in [2.05, 4.69) is 5.32 Å². The molecular weight excluding hydrogens is 289 g/mol. The summed E-state index contributed by atoms with van der Waals surface area (Å²) >= 11 is 0. The highest BCUT2D eigenvalue weighted by molar-refractivity contribution is 5.74. The molecule has 2 N–H and O–H groups in total. The molecule has 0 unspecified atom stereocenters. The lowest BCUT2D eigenvalue weighted by Crippen LogP contribution is -2.56. The number of aliphatic hydroxyl groups is 1. The van der Waals surface area contributed by atoms with Crippen LogP contribution in [0, 0.1) is 5.92 Å². The number of urea groups is 1. The number of rotatable bonds is 5. The highest BCUT2D eigenvalue weighted by Gasteiger charge is 2.54. The molecule has 0 spiro atoms. The molecule has 21 heavy (non-hydrogen) atoms. The summed E-state index contributed by atoms with van der Waals surface area (Å²) in [6.07, 6.45) is -5.64. The number of carbonyl (C=O) groups is 1. The summed E-state index contributed by atoms with van der Waals surface area (Å²) in [6, 6.07) is -0.424. The van der Waals surface area contributed by atoms with E-state index in [0.29, 0.717) is 25.7 Å². The van der Waals surface area contributed by atoms with Crippen LogP contribution in [0.3, 0.4) is 0 Å². The minimum Gasteiger partial charge on any atom is -0.380 e. The van der Waals surface area contributed by atoms with Crippen molar-refractivity contribution >= 4 is 6.03 Å². The van der Waals surface area contributed by atoms with E-state index < -0.39 is 30.7 Å². The lowest BCUT2D eigenvalue weighted by Gasteiger charge is -2.39. The van der Waals surface area contributed by atoms with Crippen LogP contribution >= 0.6 is 0 Å². The van der Waals surface area contributed by atoms with Gasteiger partial charge in [0.1, 0.15) is 0 Å². The van der Waals surface area contributed by atoms with Gasteiger partial charge < -0.3 is 20.1 Å². The van der Waals surface area contributed by atoms with Crippen LogP contribution in [0.5, 0.6) is 0 Å². The minimum absolute atomic E-state index is 0.116. The Labute approximate surface area is 122 Å². The molecule has 0 aromatic heterocycles. The van der Waals surface area contributed by atoms with Gasteiger partial charge >= 0.3 is 12.2 Å². The zero-order valence-corrected chi connectivity index (χ0v) is 12.4. The monoisotopic (exact) mass is 312 g/mol. The van der Waals surface area contributed by atoms with Gasteiger partial charge in [0.05, 0.1) is 6.61 Å². The molecule has 0 aromatic rings. The molecule has 1 saturated heterocycles. The third-order valence-electron chi connectivity index (χ3n) is 3.38. The summed E-state index contributed by atoms with van der Waals surface area (Å²) in [5, 5.41) is 12.1. The number of hydrogen-bond acceptors (Lipinski definition) is 3. The summed E-state index contributed by atoms with van der Waals surface area (Å²) in [5.74, 6) is 0.405. The number of piperidine rings is 1. The summed E-state index contributed by atoms with van der Waals surface area (Å²) in [5.41, 5.74) is -2.68. The van der Waals surface area contributed by atoms with E-state index >= 15 is 0 Å². The molecule has 0 aromatic carbocycles. The molecule has 1 heterocycles. The molecule has 0 atom stereocenters. The van der Waals surface area contributed by atoms with Gasteiger partial charge in [-0.25, -0.2) is 4.79 Å². The van der Waals surface area contributed by atoms with Crippen molar-refractivity contribution in [1.82, 2.24) is 10.2 Å². The standard InChI is InChI=1S/C13H23F3N2O3/c1-10(2)9-21-8-5-17-11(19)18-6-3-12(20,4-7-18)13(14,15)16/h10,20H,3-9H2,1-2H3,(H,17,19). The van der Waals surface area contributed by atoms with Crippen molar-refractivity contribution in [2.75, 3.05) is 32.8 Å². The number of hydrogen-bond donors (Lipinski definition) is 2. The van der Waals surface area contributed by atoms with E-state index in [0.717, 1.165) is 0 Å². The van der Waals surface area contributed by atoms with E-state index in [1.165, 1.54) is 4.90 Å².